The van der Waals surface area contributed by atoms with Crippen molar-refractivity contribution in [3.8, 4) is 16.8 Å². The van der Waals surface area contributed by atoms with Crippen LogP contribution in [0.15, 0.2) is 77.6 Å². The number of anilines is 1. The highest BCUT2D eigenvalue weighted by Crippen LogP contribution is 2.30. The Morgan fingerprint density at radius 1 is 0.967 bits per heavy atom. The SMILES string of the molecule is CCC(C)c1nc2cccc(-c3cccc(N(C)C)c3)c2c(=O)n1-c1ccccc1. The molecule has 0 aliphatic carbocycles. The number of benzene rings is 3. The minimum atomic E-state index is -0.0210. The van der Waals surface area contributed by atoms with Gasteiger partial charge in [0.05, 0.1) is 16.6 Å². The molecular weight excluding hydrogens is 370 g/mol. The van der Waals surface area contributed by atoms with Gasteiger partial charge in [0.1, 0.15) is 5.82 Å². The molecule has 152 valence electrons. The second kappa shape index (κ2) is 8.15. The zero-order valence-corrected chi connectivity index (χ0v) is 18.0. The first-order valence-electron chi connectivity index (χ1n) is 10.4. The maximum atomic E-state index is 13.9. The van der Waals surface area contributed by atoms with E-state index in [2.05, 4.69) is 36.9 Å². The standard InChI is InChI=1S/C26H27N3O/c1-5-18(2)25-27-23-16-10-15-22(19-11-9-14-21(17-19)28(3)4)24(23)26(30)29(25)20-12-7-6-8-13-20/h6-18H,5H2,1-4H3. The Kier molecular flexibility index (Phi) is 5.40. The van der Waals surface area contributed by atoms with E-state index >= 15 is 0 Å². The maximum Gasteiger partial charge on any atom is 0.266 e. The zero-order valence-electron chi connectivity index (χ0n) is 18.0. The second-order valence-electron chi connectivity index (χ2n) is 7.90. The lowest BCUT2D eigenvalue weighted by Crippen LogP contribution is -2.25. The number of hydrogen-bond acceptors (Lipinski definition) is 3. The predicted molar refractivity (Wildman–Crippen MR) is 126 cm³/mol. The van der Waals surface area contributed by atoms with Crippen LogP contribution in [0.3, 0.4) is 0 Å². The van der Waals surface area contributed by atoms with Crippen LogP contribution < -0.4 is 10.5 Å². The van der Waals surface area contributed by atoms with Crippen LogP contribution in [0, 0.1) is 0 Å². The molecule has 4 aromatic rings. The summed E-state index contributed by atoms with van der Waals surface area (Å²) in [5.41, 5.74) is 4.60. The predicted octanol–water partition coefficient (Wildman–Crippen LogP) is 5.63. The van der Waals surface area contributed by atoms with E-state index in [0.717, 1.165) is 40.3 Å². The van der Waals surface area contributed by atoms with Crippen LogP contribution in [0.2, 0.25) is 0 Å². The minimum absolute atomic E-state index is 0.0210. The molecule has 1 unspecified atom stereocenters. The minimum Gasteiger partial charge on any atom is -0.378 e. The summed E-state index contributed by atoms with van der Waals surface area (Å²) in [6.07, 6.45) is 0.912. The van der Waals surface area contributed by atoms with Gasteiger partial charge in [-0.25, -0.2) is 4.98 Å². The Labute approximate surface area is 177 Å². The molecule has 0 fully saturated rings. The molecule has 0 N–H and O–H groups in total. The van der Waals surface area contributed by atoms with Crippen LogP contribution >= 0.6 is 0 Å². The van der Waals surface area contributed by atoms with Gasteiger partial charge in [-0.2, -0.15) is 0 Å². The summed E-state index contributed by atoms with van der Waals surface area (Å²) in [7, 11) is 4.04. The number of nitrogens with zero attached hydrogens (tertiary/aromatic N) is 3. The monoisotopic (exact) mass is 397 g/mol. The Morgan fingerprint density at radius 3 is 2.40 bits per heavy atom. The molecule has 0 amide bonds. The lowest BCUT2D eigenvalue weighted by atomic mass is 9.99. The van der Waals surface area contributed by atoms with Gasteiger partial charge < -0.3 is 4.90 Å². The summed E-state index contributed by atoms with van der Waals surface area (Å²) in [5.74, 6) is 0.975. The molecule has 0 saturated carbocycles. The first-order chi connectivity index (χ1) is 14.5. The maximum absolute atomic E-state index is 13.9. The van der Waals surface area contributed by atoms with Crippen molar-refractivity contribution in [3.05, 3.63) is 89.0 Å². The average molecular weight is 398 g/mol. The molecule has 4 nitrogen and oxygen atoms in total. The number of hydrogen-bond donors (Lipinski definition) is 0. The highest BCUT2D eigenvalue weighted by molar-refractivity contribution is 5.94. The van der Waals surface area contributed by atoms with Gasteiger partial charge in [-0.1, -0.05) is 56.3 Å². The van der Waals surface area contributed by atoms with Crippen LogP contribution in [0.4, 0.5) is 5.69 Å². The Balaban J connectivity index is 2.07. The third kappa shape index (κ3) is 3.50. The largest absolute Gasteiger partial charge is 0.378 e. The van der Waals surface area contributed by atoms with Crippen LogP contribution in [0.1, 0.15) is 32.0 Å². The smallest absolute Gasteiger partial charge is 0.266 e. The van der Waals surface area contributed by atoms with Gasteiger partial charge in [0.25, 0.3) is 5.56 Å². The summed E-state index contributed by atoms with van der Waals surface area (Å²) < 4.78 is 1.79. The highest BCUT2D eigenvalue weighted by Gasteiger charge is 2.19. The second-order valence-corrected chi connectivity index (χ2v) is 7.90. The third-order valence-corrected chi connectivity index (χ3v) is 5.66. The molecule has 0 aliphatic heterocycles. The quantitative estimate of drug-likeness (QED) is 0.438. The number of para-hydroxylation sites is 1. The van der Waals surface area contributed by atoms with Gasteiger partial charge in [-0.15, -0.1) is 0 Å². The van der Waals surface area contributed by atoms with Crippen molar-refractivity contribution in [1.29, 1.82) is 0 Å². The van der Waals surface area contributed by atoms with Gasteiger partial charge in [0, 0.05) is 25.7 Å². The van der Waals surface area contributed by atoms with Gasteiger partial charge in [0.2, 0.25) is 0 Å². The molecule has 0 bridgehead atoms. The Morgan fingerprint density at radius 2 is 1.70 bits per heavy atom. The van der Waals surface area contributed by atoms with E-state index in [1.165, 1.54) is 0 Å². The fourth-order valence-corrected chi connectivity index (χ4v) is 3.78. The van der Waals surface area contributed by atoms with E-state index in [-0.39, 0.29) is 11.5 Å². The van der Waals surface area contributed by atoms with Crippen molar-refractivity contribution >= 4 is 16.6 Å². The van der Waals surface area contributed by atoms with Crippen molar-refractivity contribution in [1.82, 2.24) is 9.55 Å². The molecule has 1 aromatic heterocycles. The molecule has 0 spiro atoms. The average Bonchev–Trinajstić information content (AvgIpc) is 2.78. The van der Waals surface area contributed by atoms with E-state index in [0.29, 0.717) is 5.39 Å². The molecule has 30 heavy (non-hydrogen) atoms. The molecule has 3 aromatic carbocycles. The normalized spacial score (nSPS) is 12.1. The lowest BCUT2D eigenvalue weighted by molar-refractivity contribution is 0.649. The number of fused-ring (bicyclic) bond motifs is 1. The van der Waals surface area contributed by atoms with Crippen LogP contribution in [-0.2, 0) is 0 Å². The van der Waals surface area contributed by atoms with Gasteiger partial charge >= 0.3 is 0 Å². The van der Waals surface area contributed by atoms with E-state index in [4.69, 9.17) is 4.98 Å². The molecule has 1 atom stereocenters. The molecular formula is C26H27N3O. The lowest BCUT2D eigenvalue weighted by Gasteiger charge is -2.19. The Bertz CT molecular complexity index is 1240. The highest BCUT2D eigenvalue weighted by atomic mass is 16.1. The molecule has 0 aliphatic rings. The first-order valence-corrected chi connectivity index (χ1v) is 10.4. The van der Waals surface area contributed by atoms with Crippen LogP contribution in [-0.4, -0.2) is 23.6 Å². The molecule has 4 rings (SSSR count). The van der Waals surface area contributed by atoms with Gasteiger partial charge in [-0.3, -0.25) is 9.36 Å². The Hall–Kier alpha value is -3.40. The topological polar surface area (TPSA) is 38.1 Å². The first kappa shape index (κ1) is 19.9. The van der Waals surface area contributed by atoms with Crippen molar-refractivity contribution in [2.45, 2.75) is 26.2 Å². The van der Waals surface area contributed by atoms with Crippen LogP contribution in [0.25, 0.3) is 27.7 Å². The summed E-state index contributed by atoms with van der Waals surface area (Å²) in [6.45, 7) is 4.25. The fraction of sp³-hybridized carbons (Fsp3) is 0.231. The van der Waals surface area contributed by atoms with Gasteiger partial charge in [0.15, 0.2) is 0 Å². The van der Waals surface area contributed by atoms with Crippen molar-refractivity contribution in [3.63, 3.8) is 0 Å². The molecule has 0 saturated heterocycles. The number of aromatic nitrogens is 2. The molecule has 1 heterocycles. The van der Waals surface area contributed by atoms with E-state index in [1.54, 1.807) is 4.57 Å². The third-order valence-electron chi connectivity index (χ3n) is 5.66. The van der Waals surface area contributed by atoms with Gasteiger partial charge in [-0.05, 0) is 47.9 Å². The summed E-state index contributed by atoms with van der Waals surface area (Å²) >= 11 is 0. The summed E-state index contributed by atoms with van der Waals surface area (Å²) in [4.78, 5) is 20.9. The number of rotatable bonds is 5. The fourth-order valence-electron chi connectivity index (χ4n) is 3.78. The van der Waals surface area contributed by atoms with Crippen molar-refractivity contribution in [2.24, 2.45) is 0 Å². The molecule has 4 heteroatoms. The summed E-state index contributed by atoms with van der Waals surface area (Å²) in [6, 6.07) is 24.0. The zero-order chi connectivity index (χ0) is 21.3. The van der Waals surface area contributed by atoms with Crippen molar-refractivity contribution < 1.29 is 0 Å². The van der Waals surface area contributed by atoms with Crippen LogP contribution in [0.5, 0.6) is 0 Å². The summed E-state index contributed by atoms with van der Waals surface area (Å²) in [5, 5.41) is 0.657. The van der Waals surface area contributed by atoms with E-state index < -0.39 is 0 Å². The van der Waals surface area contributed by atoms with E-state index in [1.807, 2.05) is 68.7 Å². The molecule has 0 radical (unpaired) electrons. The van der Waals surface area contributed by atoms with E-state index in [9.17, 15) is 4.79 Å². The van der Waals surface area contributed by atoms with Crippen molar-refractivity contribution in [2.75, 3.05) is 19.0 Å².